The van der Waals surface area contributed by atoms with Gasteiger partial charge in [-0.05, 0) is 57.1 Å². The molecule has 29 heavy (non-hydrogen) atoms. The molecule has 0 bridgehead atoms. The number of benzene rings is 1. The molecule has 1 saturated heterocycles. The maximum Gasteiger partial charge on any atom is 0.211 e. The summed E-state index contributed by atoms with van der Waals surface area (Å²) in [7, 11) is -3.17. The number of aryl methyl sites for hydroxylation is 1. The van der Waals surface area contributed by atoms with Gasteiger partial charge in [-0.1, -0.05) is 12.1 Å². The van der Waals surface area contributed by atoms with Crippen molar-refractivity contribution in [1.82, 2.24) is 14.9 Å². The highest BCUT2D eigenvalue weighted by Crippen LogP contribution is 2.31. The van der Waals surface area contributed by atoms with Gasteiger partial charge in [0.05, 0.1) is 19.4 Å². The topological polar surface area (TPSA) is 83.0 Å². The highest BCUT2D eigenvalue weighted by Gasteiger charge is 2.31. The molecule has 2 N–H and O–H groups in total. The maximum absolute atomic E-state index is 11.9. The van der Waals surface area contributed by atoms with Crippen LogP contribution in [0.2, 0.25) is 0 Å². The molecule has 1 aliphatic heterocycles. The van der Waals surface area contributed by atoms with Crippen molar-refractivity contribution in [2.45, 2.75) is 52.1 Å². The number of hydrogen-bond acceptors (Lipinski definition) is 4. The second kappa shape index (κ2) is 9.80. The van der Waals surface area contributed by atoms with E-state index in [4.69, 9.17) is 9.73 Å². The fraction of sp³-hybridized carbons (Fsp3) is 0.667. The SMILES string of the molecule is CCNC(=NCc1ccc(C)cc1OCC1CC1)NC[C@H]1CCCN1S(C)(=O)=O. The van der Waals surface area contributed by atoms with Crippen LogP contribution in [0.25, 0.3) is 0 Å². The highest BCUT2D eigenvalue weighted by atomic mass is 32.2. The lowest BCUT2D eigenvalue weighted by Gasteiger charge is -2.23. The van der Waals surface area contributed by atoms with Crippen molar-refractivity contribution in [3.8, 4) is 5.75 Å². The molecule has 8 heteroatoms. The van der Waals surface area contributed by atoms with Crippen LogP contribution in [0.3, 0.4) is 0 Å². The van der Waals surface area contributed by atoms with Gasteiger partial charge in [0.1, 0.15) is 5.75 Å². The molecule has 1 aromatic rings. The summed E-state index contributed by atoms with van der Waals surface area (Å²) in [5, 5.41) is 6.57. The molecule has 2 aliphatic rings. The van der Waals surface area contributed by atoms with Crippen molar-refractivity contribution in [3.05, 3.63) is 29.3 Å². The third-order valence-electron chi connectivity index (χ3n) is 5.40. The van der Waals surface area contributed by atoms with E-state index >= 15 is 0 Å². The van der Waals surface area contributed by atoms with Gasteiger partial charge in [0.2, 0.25) is 10.0 Å². The van der Waals surface area contributed by atoms with Gasteiger partial charge in [-0.3, -0.25) is 0 Å². The fourth-order valence-electron chi connectivity index (χ4n) is 3.59. The zero-order valence-corrected chi connectivity index (χ0v) is 18.6. The monoisotopic (exact) mass is 422 g/mol. The zero-order chi connectivity index (χ0) is 20.9. The van der Waals surface area contributed by atoms with Crippen molar-refractivity contribution in [3.63, 3.8) is 0 Å². The van der Waals surface area contributed by atoms with Crippen LogP contribution in [-0.2, 0) is 16.6 Å². The molecular formula is C21H34N4O3S. The summed E-state index contributed by atoms with van der Waals surface area (Å²) in [6, 6.07) is 6.21. The predicted octanol–water partition coefficient (Wildman–Crippen LogP) is 2.26. The number of guanidine groups is 1. The molecule has 1 aliphatic carbocycles. The highest BCUT2D eigenvalue weighted by molar-refractivity contribution is 7.88. The Hall–Kier alpha value is -1.80. The van der Waals surface area contributed by atoms with Crippen LogP contribution in [0.15, 0.2) is 23.2 Å². The Balaban J connectivity index is 1.63. The van der Waals surface area contributed by atoms with Gasteiger partial charge in [-0.2, -0.15) is 4.31 Å². The number of ether oxygens (including phenoxy) is 1. The number of nitrogens with one attached hydrogen (secondary N) is 2. The minimum absolute atomic E-state index is 0.0225. The molecule has 0 unspecified atom stereocenters. The molecule has 1 heterocycles. The zero-order valence-electron chi connectivity index (χ0n) is 17.8. The second-order valence-electron chi connectivity index (χ2n) is 8.11. The van der Waals surface area contributed by atoms with Crippen LogP contribution in [0.1, 0.15) is 43.7 Å². The Morgan fingerprint density at radius 2 is 2.07 bits per heavy atom. The van der Waals surface area contributed by atoms with Gasteiger partial charge < -0.3 is 15.4 Å². The molecule has 1 aromatic carbocycles. The molecule has 2 fully saturated rings. The lowest BCUT2D eigenvalue weighted by atomic mass is 10.1. The van der Waals surface area contributed by atoms with Crippen LogP contribution < -0.4 is 15.4 Å². The first-order valence-electron chi connectivity index (χ1n) is 10.6. The van der Waals surface area contributed by atoms with Gasteiger partial charge >= 0.3 is 0 Å². The minimum Gasteiger partial charge on any atom is -0.493 e. The van der Waals surface area contributed by atoms with E-state index in [1.165, 1.54) is 24.7 Å². The molecule has 0 amide bonds. The predicted molar refractivity (Wildman–Crippen MR) is 117 cm³/mol. The summed E-state index contributed by atoms with van der Waals surface area (Å²) in [6.45, 7) is 7.27. The lowest BCUT2D eigenvalue weighted by molar-refractivity contribution is 0.296. The standard InChI is InChI=1S/C21H34N4O3S/c1-4-22-21(24-14-19-6-5-11-25(19)29(3,26)27)23-13-18-10-7-16(2)12-20(18)28-15-17-8-9-17/h7,10,12,17,19H,4-6,8-9,11,13-15H2,1-3H3,(H2,22,23,24)/t19-/m1/s1. The quantitative estimate of drug-likeness (QED) is 0.471. The smallest absolute Gasteiger partial charge is 0.211 e. The van der Waals surface area contributed by atoms with Gasteiger partial charge in [-0.15, -0.1) is 0 Å². The molecule has 1 atom stereocenters. The van der Waals surface area contributed by atoms with Crippen molar-refractivity contribution < 1.29 is 13.2 Å². The van der Waals surface area contributed by atoms with E-state index in [1.54, 1.807) is 4.31 Å². The summed E-state index contributed by atoms with van der Waals surface area (Å²) in [4.78, 5) is 4.71. The molecule has 3 rings (SSSR count). The Kier molecular flexibility index (Phi) is 7.40. The Labute approximate surface area is 175 Å². The first kappa shape index (κ1) is 21.9. The first-order chi connectivity index (χ1) is 13.9. The number of rotatable bonds is 9. The molecule has 0 aromatic heterocycles. The molecule has 7 nitrogen and oxygen atoms in total. The van der Waals surface area contributed by atoms with Crippen LogP contribution >= 0.6 is 0 Å². The first-order valence-corrected chi connectivity index (χ1v) is 12.4. The average molecular weight is 423 g/mol. The number of sulfonamides is 1. The van der Waals surface area contributed by atoms with E-state index in [0.717, 1.165) is 37.3 Å². The van der Waals surface area contributed by atoms with Crippen LogP contribution in [0.4, 0.5) is 0 Å². The van der Waals surface area contributed by atoms with Crippen LogP contribution in [0.5, 0.6) is 5.75 Å². The van der Waals surface area contributed by atoms with Crippen molar-refractivity contribution in [1.29, 1.82) is 0 Å². The Morgan fingerprint density at radius 1 is 1.28 bits per heavy atom. The van der Waals surface area contributed by atoms with E-state index in [-0.39, 0.29) is 6.04 Å². The Bertz CT molecular complexity index is 821. The van der Waals surface area contributed by atoms with Crippen molar-refractivity contribution >= 4 is 16.0 Å². The maximum atomic E-state index is 11.9. The molecule has 1 saturated carbocycles. The van der Waals surface area contributed by atoms with Gasteiger partial charge in [0.25, 0.3) is 0 Å². The lowest BCUT2D eigenvalue weighted by Crippen LogP contribution is -2.46. The van der Waals surface area contributed by atoms with Gasteiger partial charge in [0.15, 0.2) is 5.96 Å². The number of hydrogen-bond donors (Lipinski definition) is 2. The summed E-state index contributed by atoms with van der Waals surface area (Å²) in [5.41, 5.74) is 2.24. The number of nitrogens with zero attached hydrogens (tertiary/aromatic N) is 2. The van der Waals surface area contributed by atoms with E-state index in [9.17, 15) is 8.42 Å². The van der Waals surface area contributed by atoms with Gasteiger partial charge in [0, 0.05) is 31.2 Å². The average Bonchev–Trinajstić information content (AvgIpc) is 3.37. The van der Waals surface area contributed by atoms with Gasteiger partial charge in [-0.25, -0.2) is 13.4 Å². The number of aliphatic imine (C=N–C) groups is 1. The molecular weight excluding hydrogens is 388 g/mol. The van der Waals surface area contributed by atoms with Crippen LogP contribution in [0, 0.1) is 12.8 Å². The molecule has 0 radical (unpaired) electrons. The Morgan fingerprint density at radius 3 is 2.76 bits per heavy atom. The normalized spacial score (nSPS) is 20.7. The third kappa shape index (κ3) is 6.60. The summed E-state index contributed by atoms with van der Waals surface area (Å²) < 4.78 is 31.5. The third-order valence-corrected chi connectivity index (χ3v) is 6.73. The van der Waals surface area contributed by atoms with E-state index in [1.807, 2.05) is 6.92 Å². The minimum atomic E-state index is -3.17. The largest absolute Gasteiger partial charge is 0.493 e. The van der Waals surface area contributed by atoms with Crippen molar-refractivity contribution in [2.75, 3.05) is 32.5 Å². The van der Waals surface area contributed by atoms with E-state index in [2.05, 4.69) is 35.8 Å². The summed E-state index contributed by atoms with van der Waals surface area (Å²) in [5.74, 6) is 2.31. The summed E-state index contributed by atoms with van der Waals surface area (Å²) in [6.07, 6.45) is 5.58. The fourth-order valence-corrected chi connectivity index (χ4v) is 4.77. The van der Waals surface area contributed by atoms with Crippen LogP contribution in [-0.4, -0.2) is 57.2 Å². The van der Waals surface area contributed by atoms with E-state index in [0.29, 0.717) is 31.5 Å². The van der Waals surface area contributed by atoms with Crippen molar-refractivity contribution in [2.24, 2.45) is 10.9 Å². The summed E-state index contributed by atoms with van der Waals surface area (Å²) >= 11 is 0. The molecule has 162 valence electrons. The molecule has 0 spiro atoms. The second-order valence-corrected chi connectivity index (χ2v) is 10.0. The van der Waals surface area contributed by atoms with E-state index < -0.39 is 10.0 Å².